The second-order valence-electron chi connectivity index (χ2n) is 4.42. The van der Waals surface area contributed by atoms with E-state index >= 15 is 0 Å². The van der Waals surface area contributed by atoms with Gasteiger partial charge in [0.15, 0.2) is 5.78 Å². The molecular formula is C15H12F3NO2. The molecule has 0 unspecified atom stereocenters. The van der Waals surface area contributed by atoms with Gasteiger partial charge >= 0.3 is 6.18 Å². The first-order chi connectivity index (χ1) is 9.86. The summed E-state index contributed by atoms with van der Waals surface area (Å²) in [7, 11) is 0. The van der Waals surface area contributed by atoms with E-state index in [1.165, 1.54) is 13.0 Å². The number of halogens is 3. The molecule has 21 heavy (non-hydrogen) atoms. The Morgan fingerprint density at radius 1 is 1.14 bits per heavy atom. The van der Waals surface area contributed by atoms with Crippen molar-refractivity contribution in [2.24, 2.45) is 0 Å². The lowest BCUT2D eigenvalue weighted by molar-refractivity contribution is -0.141. The number of rotatable bonds is 4. The molecule has 0 bridgehead atoms. The third kappa shape index (κ3) is 4.05. The summed E-state index contributed by atoms with van der Waals surface area (Å²) in [5.74, 6) is 0.480. The molecule has 0 amide bonds. The van der Waals surface area contributed by atoms with Crippen molar-refractivity contribution in [1.82, 2.24) is 4.98 Å². The Morgan fingerprint density at radius 3 is 2.29 bits per heavy atom. The molecule has 0 saturated carbocycles. The summed E-state index contributed by atoms with van der Waals surface area (Å²) in [6.45, 7) is 1.56. The Kier molecular flexibility index (Phi) is 4.26. The van der Waals surface area contributed by atoms with Gasteiger partial charge in [0.05, 0.1) is 0 Å². The average molecular weight is 295 g/mol. The molecule has 1 aromatic heterocycles. The van der Waals surface area contributed by atoms with Crippen LogP contribution in [0, 0.1) is 0 Å². The molecular weight excluding hydrogens is 283 g/mol. The highest BCUT2D eigenvalue weighted by Crippen LogP contribution is 2.27. The number of carbonyl (C=O) groups excluding carboxylic acids is 1. The minimum atomic E-state index is -4.44. The molecule has 6 heteroatoms. The van der Waals surface area contributed by atoms with E-state index in [-0.39, 0.29) is 12.4 Å². The van der Waals surface area contributed by atoms with Crippen LogP contribution in [0.5, 0.6) is 5.75 Å². The molecule has 0 spiro atoms. The van der Waals surface area contributed by atoms with Crippen LogP contribution < -0.4 is 4.74 Å². The number of hydrogen-bond donors (Lipinski definition) is 0. The standard InChI is InChI=1S/C15H12F3NO2/c1-10(20)12-3-5-13(6-4-12)21-9-11-2-7-14(19-8-11)15(16,17)18/h2-8H,9H2,1H3. The lowest BCUT2D eigenvalue weighted by Crippen LogP contribution is -2.08. The maximum absolute atomic E-state index is 12.4. The van der Waals surface area contributed by atoms with Crippen LogP contribution in [-0.2, 0) is 12.8 Å². The summed E-state index contributed by atoms with van der Waals surface area (Å²) in [6, 6.07) is 8.76. The van der Waals surface area contributed by atoms with Gasteiger partial charge in [-0.3, -0.25) is 9.78 Å². The van der Waals surface area contributed by atoms with E-state index < -0.39 is 11.9 Å². The minimum Gasteiger partial charge on any atom is -0.489 e. The first-order valence-corrected chi connectivity index (χ1v) is 6.12. The fourth-order valence-electron chi connectivity index (χ4n) is 1.63. The Hall–Kier alpha value is -2.37. The number of benzene rings is 1. The Bertz CT molecular complexity index is 619. The number of hydrogen-bond acceptors (Lipinski definition) is 3. The molecule has 0 fully saturated rings. The van der Waals surface area contributed by atoms with Crippen molar-refractivity contribution in [3.05, 3.63) is 59.4 Å². The van der Waals surface area contributed by atoms with Crippen LogP contribution >= 0.6 is 0 Å². The zero-order valence-electron chi connectivity index (χ0n) is 11.1. The topological polar surface area (TPSA) is 39.2 Å². The number of Topliss-reactive ketones (excluding diaryl/α,β-unsaturated/α-hetero) is 1. The number of aromatic nitrogens is 1. The molecule has 0 aliphatic carbocycles. The molecule has 0 saturated heterocycles. The summed E-state index contributed by atoms with van der Waals surface area (Å²) >= 11 is 0. The van der Waals surface area contributed by atoms with Gasteiger partial charge in [0, 0.05) is 17.3 Å². The van der Waals surface area contributed by atoms with Gasteiger partial charge < -0.3 is 4.74 Å². The van der Waals surface area contributed by atoms with Crippen LogP contribution in [-0.4, -0.2) is 10.8 Å². The molecule has 0 N–H and O–H groups in total. The van der Waals surface area contributed by atoms with Crippen molar-refractivity contribution < 1.29 is 22.7 Å². The molecule has 3 nitrogen and oxygen atoms in total. The van der Waals surface area contributed by atoms with E-state index in [1.807, 2.05) is 0 Å². The lowest BCUT2D eigenvalue weighted by atomic mass is 10.1. The van der Waals surface area contributed by atoms with Gasteiger partial charge in [0.1, 0.15) is 18.1 Å². The first kappa shape index (κ1) is 15.0. The second-order valence-corrected chi connectivity index (χ2v) is 4.42. The molecule has 110 valence electrons. The van der Waals surface area contributed by atoms with E-state index in [4.69, 9.17) is 4.74 Å². The van der Waals surface area contributed by atoms with Crippen LogP contribution in [0.2, 0.25) is 0 Å². The third-order valence-corrected chi connectivity index (χ3v) is 2.78. The fourth-order valence-corrected chi connectivity index (χ4v) is 1.63. The Morgan fingerprint density at radius 2 is 1.81 bits per heavy atom. The number of pyridine rings is 1. The van der Waals surface area contributed by atoms with Gasteiger partial charge in [-0.1, -0.05) is 6.07 Å². The summed E-state index contributed by atoms with van der Waals surface area (Å²) in [4.78, 5) is 14.5. The molecule has 2 aromatic rings. The zero-order valence-corrected chi connectivity index (χ0v) is 11.1. The molecule has 0 aliphatic rings. The maximum Gasteiger partial charge on any atom is 0.433 e. The van der Waals surface area contributed by atoms with Gasteiger partial charge in [0.2, 0.25) is 0 Å². The van der Waals surface area contributed by atoms with E-state index in [9.17, 15) is 18.0 Å². The van der Waals surface area contributed by atoms with E-state index in [0.29, 0.717) is 16.9 Å². The predicted octanol–water partition coefficient (Wildman–Crippen LogP) is 3.88. The van der Waals surface area contributed by atoms with Gasteiger partial charge in [-0.15, -0.1) is 0 Å². The van der Waals surface area contributed by atoms with Gasteiger partial charge in [0.25, 0.3) is 0 Å². The number of nitrogens with zero attached hydrogens (tertiary/aromatic N) is 1. The predicted molar refractivity (Wildman–Crippen MR) is 70.0 cm³/mol. The molecule has 1 heterocycles. The van der Waals surface area contributed by atoms with Crippen LogP contribution in [0.25, 0.3) is 0 Å². The smallest absolute Gasteiger partial charge is 0.433 e. The van der Waals surface area contributed by atoms with Gasteiger partial charge in [-0.05, 0) is 37.3 Å². The zero-order chi connectivity index (χ0) is 15.5. The highest BCUT2D eigenvalue weighted by molar-refractivity contribution is 5.94. The Balaban J connectivity index is 1.98. The average Bonchev–Trinajstić information content (AvgIpc) is 2.45. The van der Waals surface area contributed by atoms with Crippen LogP contribution in [0.3, 0.4) is 0 Å². The Labute approximate surface area is 119 Å². The van der Waals surface area contributed by atoms with Crippen molar-refractivity contribution in [3.8, 4) is 5.75 Å². The third-order valence-electron chi connectivity index (χ3n) is 2.78. The number of alkyl halides is 3. The largest absolute Gasteiger partial charge is 0.489 e. The van der Waals surface area contributed by atoms with Crippen molar-refractivity contribution in [2.45, 2.75) is 19.7 Å². The maximum atomic E-state index is 12.4. The fraction of sp³-hybridized carbons (Fsp3) is 0.200. The van der Waals surface area contributed by atoms with E-state index in [2.05, 4.69) is 4.98 Å². The minimum absolute atomic E-state index is 0.0477. The highest BCUT2D eigenvalue weighted by Gasteiger charge is 2.31. The van der Waals surface area contributed by atoms with E-state index in [1.54, 1.807) is 24.3 Å². The van der Waals surface area contributed by atoms with Crippen LogP contribution in [0.15, 0.2) is 42.6 Å². The quantitative estimate of drug-likeness (QED) is 0.803. The van der Waals surface area contributed by atoms with Crippen molar-refractivity contribution >= 4 is 5.78 Å². The monoisotopic (exact) mass is 295 g/mol. The van der Waals surface area contributed by atoms with Crippen molar-refractivity contribution in [1.29, 1.82) is 0 Å². The van der Waals surface area contributed by atoms with Gasteiger partial charge in [-0.2, -0.15) is 13.2 Å². The summed E-state index contributed by atoms with van der Waals surface area (Å²) < 4.78 is 42.5. The summed E-state index contributed by atoms with van der Waals surface area (Å²) in [5.41, 5.74) is 0.161. The number of ether oxygens (including phenoxy) is 1. The van der Waals surface area contributed by atoms with Crippen molar-refractivity contribution in [3.63, 3.8) is 0 Å². The number of carbonyl (C=O) groups is 1. The first-order valence-electron chi connectivity index (χ1n) is 6.12. The van der Waals surface area contributed by atoms with E-state index in [0.717, 1.165) is 12.3 Å². The normalized spacial score (nSPS) is 11.2. The molecule has 0 atom stereocenters. The second kappa shape index (κ2) is 5.95. The molecule has 2 rings (SSSR count). The highest BCUT2D eigenvalue weighted by atomic mass is 19.4. The van der Waals surface area contributed by atoms with Crippen LogP contribution in [0.1, 0.15) is 28.5 Å². The van der Waals surface area contributed by atoms with Gasteiger partial charge in [-0.25, -0.2) is 0 Å². The number of ketones is 1. The molecule has 0 radical (unpaired) electrons. The van der Waals surface area contributed by atoms with Crippen LogP contribution in [0.4, 0.5) is 13.2 Å². The SMILES string of the molecule is CC(=O)c1ccc(OCc2ccc(C(F)(F)F)nc2)cc1. The van der Waals surface area contributed by atoms with Crippen molar-refractivity contribution in [2.75, 3.05) is 0 Å². The lowest BCUT2D eigenvalue weighted by Gasteiger charge is -2.08. The summed E-state index contributed by atoms with van der Waals surface area (Å²) in [6.07, 6.45) is -3.31. The summed E-state index contributed by atoms with van der Waals surface area (Å²) in [5, 5.41) is 0. The molecule has 0 aliphatic heterocycles. The molecule has 1 aromatic carbocycles.